The van der Waals surface area contributed by atoms with Gasteiger partial charge in [-0.3, -0.25) is 14.3 Å². The lowest BCUT2D eigenvalue weighted by Crippen LogP contribution is -2.18. The van der Waals surface area contributed by atoms with Crippen LogP contribution in [-0.4, -0.2) is 21.6 Å². The Morgan fingerprint density at radius 1 is 1.27 bits per heavy atom. The maximum absolute atomic E-state index is 11.8. The molecule has 0 spiro atoms. The number of carbonyl (C=O) groups is 2. The van der Waals surface area contributed by atoms with Crippen LogP contribution in [0.15, 0.2) is 48.8 Å². The van der Waals surface area contributed by atoms with Gasteiger partial charge in [0.25, 0.3) is 0 Å². The maximum atomic E-state index is 11.8. The van der Waals surface area contributed by atoms with E-state index >= 15 is 0 Å². The second kappa shape index (κ2) is 7.78. The summed E-state index contributed by atoms with van der Waals surface area (Å²) in [5.41, 5.74) is 6.73. The van der Waals surface area contributed by atoms with Crippen molar-refractivity contribution in [1.82, 2.24) is 9.78 Å². The molecule has 3 N–H and O–H groups in total. The summed E-state index contributed by atoms with van der Waals surface area (Å²) in [5, 5.41) is 6.66. The minimum atomic E-state index is -0.480. The molecule has 0 fully saturated rings. The van der Waals surface area contributed by atoms with E-state index in [-0.39, 0.29) is 12.5 Å². The van der Waals surface area contributed by atoms with Crippen molar-refractivity contribution in [2.24, 2.45) is 5.73 Å². The third kappa shape index (κ3) is 5.24. The molecule has 0 atom stereocenters. The Morgan fingerprint density at radius 2 is 2.05 bits per heavy atom. The van der Waals surface area contributed by atoms with E-state index in [4.69, 9.17) is 5.73 Å². The second-order valence-electron chi connectivity index (χ2n) is 4.79. The van der Waals surface area contributed by atoms with Crippen molar-refractivity contribution in [1.29, 1.82) is 0 Å². The van der Waals surface area contributed by atoms with E-state index in [0.29, 0.717) is 18.5 Å². The topological polar surface area (TPSA) is 90.0 Å². The van der Waals surface area contributed by atoms with Crippen molar-refractivity contribution >= 4 is 23.6 Å². The fourth-order valence-electron chi connectivity index (χ4n) is 1.90. The Bertz CT molecular complexity index is 662. The van der Waals surface area contributed by atoms with Crippen molar-refractivity contribution in [2.75, 3.05) is 5.32 Å². The van der Waals surface area contributed by atoms with Crippen LogP contribution in [-0.2, 0) is 16.1 Å². The average molecular weight is 298 g/mol. The quantitative estimate of drug-likeness (QED) is 0.816. The molecule has 0 bridgehead atoms. The Morgan fingerprint density at radius 3 is 2.77 bits per heavy atom. The molecule has 2 amide bonds. The van der Waals surface area contributed by atoms with E-state index in [0.717, 1.165) is 5.56 Å². The summed E-state index contributed by atoms with van der Waals surface area (Å²) in [7, 11) is 0. The molecule has 0 saturated carbocycles. The van der Waals surface area contributed by atoms with E-state index in [1.807, 2.05) is 42.5 Å². The first kappa shape index (κ1) is 15.5. The minimum Gasteiger partial charge on any atom is -0.368 e. The molecular weight excluding hydrogens is 280 g/mol. The SMILES string of the molecule is NC(=O)Cn1cc(NC(=O)CC/C=C/c2ccccc2)cn1. The van der Waals surface area contributed by atoms with Crippen molar-refractivity contribution in [3.05, 3.63) is 54.4 Å². The first-order chi connectivity index (χ1) is 10.6. The number of hydrogen-bond acceptors (Lipinski definition) is 3. The molecule has 0 aliphatic rings. The van der Waals surface area contributed by atoms with Crippen molar-refractivity contribution in [3.8, 4) is 0 Å². The highest BCUT2D eigenvalue weighted by Crippen LogP contribution is 2.07. The number of hydrogen-bond donors (Lipinski definition) is 2. The minimum absolute atomic E-state index is 0.00428. The number of primary amides is 1. The van der Waals surface area contributed by atoms with E-state index < -0.39 is 5.91 Å². The number of benzene rings is 1. The summed E-state index contributed by atoms with van der Waals surface area (Å²) in [6.07, 6.45) is 8.03. The largest absolute Gasteiger partial charge is 0.368 e. The number of amides is 2. The van der Waals surface area contributed by atoms with Gasteiger partial charge in [0.2, 0.25) is 11.8 Å². The van der Waals surface area contributed by atoms with Gasteiger partial charge in [0.15, 0.2) is 0 Å². The highest BCUT2D eigenvalue weighted by molar-refractivity contribution is 5.90. The molecule has 2 rings (SSSR count). The van der Waals surface area contributed by atoms with Gasteiger partial charge in [-0.15, -0.1) is 0 Å². The first-order valence-corrected chi connectivity index (χ1v) is 6.95. The zero-order valence-electron chi connectivity index (χ0n) is 12.1. The number of aromatic nitrogens is 2. The van der Waals surface area contributed by atoms with Crippen LogP contribution in [0.1, 0.15) is 18.4 Å². The Kier molecular flexibility index (Phi) is 5.48. The molecule has 22 heavy (non-hydrogen) atoms. The summed E-state index contributed by atoms with van der Waals surface area (Å²) in [6, 6.07) is 9.91. The number of nitrogens with one attached hydrogen (secondary N) is 1. The smallest absolute Gasteiger partial charge is 0.239 e. The van der Waals surface area contributed by atoms with Crippen LogP contribution >= 0.6 is 0 Å². The molecule has 2 aromatic rings. The fourth-order valence-corrected chi connectivity index (χ4v) is 1.90. The van der Waals surface area contributed by atoms with Crippen LogP contribution in [0.2, 0.25) is 0 Å². The number of nitrogens with zero attached hydrogens (tertiary/aromatic N) is 2. The van der Waals surface area contributed by atoms with Crippen LogP contribution in [0.5, 0.6) is 0 Å². The molecule has 1 aromatic carbocycles. The lowest BCUT2D eigenvalue weighted by Gasteiger charge is -2.00. The standard InChI is InChI=1S/C16H18N4O2/c17-15(21)12-20-11-14(10-18-20)19-16(22)9-5-4-8-13-6-2-1-3-7-13/h1-4,6-8,10-11H,5,9,12H2,(H2,17,21)(H,19,22)/b8-4+. The molecule has 0 saturated heterocycles. The van der Waals surface area contributed by atoms with Crippen LogP contribution < -0.4 is 11.1 Å². The second-order valence-corrected chi connectivity index (χ2v) is 4.79. The van der Waals surface area contributed by atoms with Gasteiger partial charge < -0.3 is 11.1 Å². The highest BCUT2D eigenvalue weighted by atomic mass is 16.2. The molecule has 6 heteroatoms. The van der Waals surface area contributed by atoms with Crippen molar-refractivity contribution in [3.63, 3.8) is 0 Å². The highest BCUT2D eigenvalue weighted by Gasteiger charge is 2.04. The van der Waals surface area contributed by atoms with Crippen LogP contribution in [0.4, 0.5) is 5.69 Å². The third-order valence-corrected chi connectivity index (χ3v) is 2.88. The number of carbonyl (C=O) groups excluding carboxylic acids is 2. The molecular formula is C16H18N4O2. The number of rotatable bonds is 7. The Labute approximate surface area is 128 Å². The summed E-state index contributed by atoms with van der Waals surface area (Å²) >= 11 is 0. The molecule has 0 aliphatic carbocycles. The fraction of sp³-hybridized carbons (Fsp3) is 0.188. The van der Waals surface area contributed by atoms with E-state index in [1.165, 1.54) is 10.9 Å². The van der Waals surface area contributed by atoms with Gasteiger partial charge in [0, 0.05) is 12.6 Å². The van der Waals surface area contributed by atoms with Gasteiger partial charge >= 0.3 is 0 Å². The molecule has 0 unspecified atom stereocenters. The lowest BCUT2D eigenvalue weighted by molar-refractivity contribution is -0.118. The predicted octanol–water partition coefficient (Wildman–Crippen LogP) is 1.80. The summed E-state index contributed by atoms with van der Waals surface area (Å²) in [4.78, 5) is 22.5. The normalized spacial score (nSPS) is 10.7. The molecule has 0 aliphatic heterocycles. The van der Waals surface area contributed by atoms with Crippen molar-refractivity contribution in [2.45, 2.75) is 19.4 Å². The monoisotopic (exact) mass is 298 g/mol. The molecule has 6 nitrogen and oxygen atoms in total. The number of allylic oxidation sites excluding steroid dienone is 1. The van der Waals surface area contributed by atoms with Crippen LogP contribution in [0, 0.1) is 0 Å². The molecule has 114 valence electrons. The Hall–Kier alpha value is -2.89. The predicted molar refractivity (Wildman–Crippen MR) is 84.8 cm³/mol. The lowest BCUT2D eigenvalue weighted by atomic mass is 10.2. The molecule has 1 heterocycles. The summed E-state index contributed by atoms with van der Waals surface area (Å²) in [5.74, 6) is -0.580. The van der Waals surface area contributed by atoms with Crippen LogP contribution in [0.3, 0.4) is 0 Å². The van der Waals surface area contributed by atoms with Gasteiger partial charge in [0.1, 0.15) is 6.54 Å². The molecule has 0 radical (unpaired) electrons. The number of nitrogens with two attached hydrogens (primary N) is 1. The van der Waals surface area contributed by atoms with E-state index in [2.05, 4.69) is 10.4 Å². The Balaban J connectivity index is 1.75. The first-order valence-electron chi connectivity index (χ1n) is 6.95. The van der Waals surface area contributed by atoms with Gasteiger partial charge in [-0.1, -0.05) is 42.5 Å². The van der Waals surface area contributed by atoms with E-state index in [9.17, 15) is 9.59 Å². The zero-order chi connectivity index (χ0) is 15.8. The summed E-state index contributed by atoms with van der Waals surface area (Å²) in [6.45, 7) is -0.00428. The van der Waals surface area contributed by atoms with Gasteiger partial charge in [0.05, 0.1) is 11.9 Å². The zero-order valence-corrected chi connectivity index (χ0v) is 12.1. The summed E-state index contributed by atoms with van der Waals surface area (Å²) < 4.78 is 1.38. The van der Waals surface area contributed by atoms with Crippen molar-refractivity contribution < 1.29 is 9.59 Å². The van der Waals surface area contributed by atoms with Crippen LogP contribution in [0.25, 0.3) is 6.08 Å². The van der Waals surface area contributed by atoms with Gasteiger partial charge in [-0.05, 0) is 12.0 Å². The average Bonchev–Trinajstić information content (AvgIpc) is 2.91. The maximum Gasteiger partial charge on any atom is 0.239 e. The van der Waals surface area contributed by atoms with Gasteiger partial charge in [-0.25, -0.2) is 0 Å². The molecule has 1 aromatic heterocycles. The van der Waals surface area contributed by atoms with E-state index in [1.54, 1.807) is 6.20 Å². The number of anilines is 1. The third-order valence-electron chi connectivity index (χ3n) is 2.88. The van der Waals surface area contributed by atoms with Gasteiger partial charge in [-0.2, -0.15) is 5.10 Å².